The van der Waals surface area contributed by atoms with E-state index in [1.165, 1.54) is 16.7 Å². The molecular formula is C21H19NO2. The second-order valence-corrected chi connectivity index (χ2v) is 5.70. The second-order valence-electron chi connectivity index (χ2n) is 5.70. The fourth-order valence-corrected chi connectivity index (χ4v) is 2.63. The summed E-state index contributed by atoms with van der Waals surface area (Å²) in [6, 6.07) is 24.1. The zero-order valence-electron chi connectivity index (χ0n) is 13.6. The number of nitrogens with zero attached hydrogens (tertiary/aromatic N) is 1. The van der Waals surface area contributed by atoms with Gasteiger partial charge in [0, 0.05) is 6.42 Å². The minimum Gasteiger partial charge on any atom is -0.493 e. The number of hydrogen-bond donors (Lipinski definition) is 0. The summed E-state index contributed by atoms with van der Waals surface area (Å²) in [4.78, 5) is 10.5. The first-order valence-corrected chi connectivity index (χ1v) is 7.97. The normalized spacial score (nSPS) is 10.4. The van der Waals surface area contributed by atoms with E-state index < -0.39 is 0 Å². The molecule has 0 unspecified atom stereocenters. The molecule has 0 bridgehead atoms. The molecule has 0 amide bonds. The molecule has 0 aromatic heterocycles. The number of aryl methyl sites for hydroxylation is 1. The van der Waals surface area contributed by atoms with Crippen LogP contribution in [0.15, 0.2) is 78.0 Å². The summed E-state index contributed by atoms with van der Waals surface area (Å²) < 4.78 is 5.81. The smallest absolute Gasteiger partial charge is 0.122 e. The number of ether oxygens (including phenoxy) is 1. The number of hydrogen-bond acceptors (Lipinski definition) is 3. The first-order valence-electron chi connectivity index (χ1n) is 7.97. The molecule has 0 aliphatic heterocycles. The lowest BCUT2D eigenvalue weighted by atomic mass is 10.0. The van der Waals surface area contributed by atoms with Crippen molar-refractivity contribution in [1.82, 2.24) is 0 Å². The highest BCUT2D eigenvalue weighted by Gasteiger charge is 2.02. The average molecular weight is 317 g/mol. The first kappa shape index (κ1) is 15.9. The molecule has 3 rings (SSSR count). The summed E-state index contributed by atoms with van der Waals surface area (Å²) in [5, 5.41) is 2.93. The molecule has 3 aromatic rings. The molecule has 0 saturated heterocycles. The lowest BCUT2D eigenvalue weighted by Crippen LogP contribution is -2.02. The van der Waals surface area contributed by atoms with Crippen LogP contribution in [0.3, 0.4) is 0 Å². The molecule has 0 aliphatic carbocycles. The van der Waals surface area contributed by atoms with Gasteiger partial charge in [-0.25, -0.2) is 0 Å². The first-order chi connectivity index (χ1) is 11.8. The number of rotatable bonds is 6. The second kappa shape index (κ2) is 7.55. The molecule has 0 N–H and O–H groups in total. The van der Waals surface area contributed by atoms with Crippen molar-refractivity contribution in [2.24, 2.45) is 5.18 Å². The fourth-order valence-electron chi connectivity index (χ4n) is 2.63. The predicted octanol–water partition coefficient (Wildman–Crippen LogP) is 5.68. The maximum absolute atomic E-state index is 10.5. The molecule has 3 aromatic carbocycles. The van der Waals surface area contributed by atoms with Crippen LogP contribution in [-0.2, 0) is 6.42 Å². The zero-order valence-corrected chi connectivity index (χ0v) is 13.6. The maximum Gasteiger partial charge on any atom is 0.122 e. The Morgan fingerprint density at radius 2 is 1.58 bits per heavy atom. The Kier molecular flexibility index (Phi) is 5.02. The predicted molar refractivity (Wildman–Crippen MR) is 97.7 cm³/mol. The lowest BCUT2D eigenvalue weighted by molar-refractivity contribution is 0.320. The summed E-state index contributed by atoms with van der Waals surface area (Å²) in [7, 11) is 0. The molecule has 0 radical (unpaired) electrons. The van der Waals surface area contributed by atoms with Crippen LogP contribution in [0.25, 0.3) is 11.1 Å². The molecule has 3 nitrogen and oxygen atoms in total. The van der Waals surface area contributed by atoms with Crippen molar-refractivity contribution in [2.75, 3.05) is 6.61 Å². The van der Waals surface area contributed by atoms with Gasteiger partial charge in [-0.2, -0.15) is 0 Å². The summed E-state index contributed by atoms with van der Waals surface area (Å²) in [5.74, 6) is 0.795. The van der Waals surface area contributed by atoms with Gasteiger partial charge in [0.05, 0.1) is 6.61 Å². The molecule has 0 saturated carbocycles. The van der Waals surface area contributed by atoms with Crippen molar-refractivity contribution in [3.8, 4) is 16.9 Å². The Balaban J connectivity index is 1.58. The van der Waals surface area contributed by atoms with E-state index in [0.717, 1.165) is 17.7 Å². The van der Waals surface area contributed by atoms with Gasteiger partial charge in [-0.05, 0) is 52.6 Å². The molecule has 0 atom stereocenters. The van der Waals surface area contributed by atoms with Crippen molar-refractivity contribution in [2.45, 2.75) is 13.3 Å². The van der Waals surface area contributed by atoms with E-state index in [9.17, 15) is 4.91 Å². The van der Waals surface area contributed by atoms with E-state index in [0.29, 0.717) is 12.3 Å². The number of benzene rings is 3. The van der Waals surface area contributed by atoms with E-state index in [1.807, 2.05) is 25.1 Å². The minimum absolute atomic E-state index is 0.427. The van der Waals surface area contributed by atoms with E-state index in [1.54, 1.807) is 18.2 Å². The molecule has 3 heteroatoms. The van der Waals surface area contributed by atoms with Gasteiger partial charge in [0.2, 0.25) is 0 Å². The van der Waals surface area contributed by atoms with Gasteiger partial charge in [-0.3, -0.25) is 0 Å². The zero-order chi connectivity index (χ0) is 16.8. The molecule has 120 valence electrons. The Labute approximate surface area is 141 Å². The van der Waals surface area contributed by atoms with Gasteiger partial charge >= 0.3 is 0 Å². The highest BCUT2D eigenvalue weighted by Crippen LogP contribution is 2.24. The molecule has 0 aliphatic rings. The van der Waals surface area contributed by atoms with Crippen molar-refractivity contribution < 1.29 is 4.74 Å². The average Bonchev–Trinajstić information content (AvgIpc) is 2.64. The fraction of sp³-hybridized carbons (Fsp3) is 0.143. The van der Waals surface area contributed by atoms with Gasteiger partial charge < -0.3 is 4.74 Å². The SMILES string of the molecule is Cc1cc(N=O)ccc1OCCc1ccc(-c2ccccc2)cc1. The highest BCUT2D eigenvalue weighted by atomic mass is 16.5. The number of nitroso groups, excluding NO2 is 1. The molecule has 0 spiro atoms. The van der Waals surface area contributed by atoms with E-state index >= 15 is 0 Å². The van der Waals surface area contributed by atoms with Gasteiger partial charge in [-0.15, -0.1) is 4.91 Å². The summed E-state index contributed by atoms with van der Waals surface area (Å²) >= 11 is 0. The Hall–Kier alpha value is -2.94. The van der Waals surface area contributed by atoms with Crippen molar-refractivity contribution in [1.29, 1.82) is 0 Å². The topological polar surface area (TPSA) is 38.7 Å². The molecule has 24 heavy (non-hydrogen) atoms. The van der Waals surface area contributed by atoms with Gasteiger partial charge in [-0.1, -0.05) is 54.6 Å². The van der Waals surface area contributed by atoms with Crippen LogP contribution < -0.4 is 4.74 Å². The van der Waals surface area contributed by atoms with Crippen LogP contribution in [0, 0.1) is 11.8 Å². The van der Waals surface area contributed by atoms with Crippen LogP contribution in [0.1, 0.15) is 11.1 Å². The third-order valence-corrected chi connectivity index (χ3v) is 3.97. The van der Waals surface area contributed by atoms with E-state index in [-0.39, 0.29) is 0 Å². The molecular weight excluding hydrogens is 298 g/mol. The third kappa shape index (κ3) is 3.87. The monoisotopic (exact) mass is 317 g/mol. The van der Waals surface area contributed by atoms with Crippen LogP contribution in [0.4, 0.5) is 5.69 Å². The Bertz CT molecular complexity index is 811. The van der Waals surface area contributed by atoms with Crippen molar-refractivity contribution in [3.63, 3.8) is 0 Å². The summed E-state index contributed by atoms with van der Waals surface area (Å²) in [5.41, 5.74) is 5.02. The Morgan fingerprint density at radius 1 is 0.875 bits per heavy atom. The van der Waals surface area contributed by atoms with Crippen LogP contribution >= 0.6 is 0 Å². The summed E-state index contributed by atoms with van der Waals surface area (Å²) in [6.45, 7) is 2.51. The van der Waals surface area contributed by atoms with Crippen LogP contribution in [0.2, 0.25) is 0 Å². The largest absolute Gasteiger partial charge is 0.493 e. The highest BCUT2D eigenvalue weighted by molar-refractivity contribution is 5.63. The summed E-state index contributed by atoms with van der Waals surface area (Å²) in [6.07, 6.45) is 0.836. The van der Waals surface area contributed by atoms with Gasteiger partial charge in [0.25, 0.3) is 0 Å². The quantitative estimate of drug-likeness (QED) is 0.548. The van der Waals surface area contributed by atoms with Gasteiger partial charge in [0.15, 0.2) is 0 Å². The van der Waals surface area contributed by atoms with Crippen LogP contribution in [-0.4, -0.2) is 6.61 Å². The maximum atomic E-state index is 10.5. The minimum atomic E-state index is 0.427. The van der Waals surface area contributed by atoms with Crippen molar-refractivity contribution >= 4 is 5.69 Å². The molecule has 0 fully saturated rings. The Morgan fingerprint density at radius 3 is 2.25 bits per heavy atom. The van der Waals surface area contributed by atoms with Crippen LogP contribution in [0.5, 0.6) is 5.75 Å². The van der Waals surface area contributed by atoms with Crippen molar-refractivity contribution in [3.05, 3.63) is 88.8 Å². The molecule has 0 heterocycles. The standard InChI is InChI=1S/C21H19NO2/c1-16-15-20(22-23)11-12-21(16)24-14-13-17-7-9-19(10-8-17)18-5-3-2-4-6-18/h2-12,15H,13-14H2,1H3. The third-order valence-electron chi connectivity index (χ3n) is 3.97. The van der Waals surface area contributed by atoms with E-state index in [4.69, 9.17) is 4.74 Å². The lowest BCUT2D eigenvalue weighted by Gasteiger charge is -2.09. The van der Waals surface area contributed by atoms with E-state index in [2.05, 4.69) is 41.6 Å². The van der Waals surface area contributed by atoms with Gasteiger partial charge in [0.1, 0.15) is 11.4 Å².